The van der Waals surface area contributed by atoms with Crippen LogP contribution in [0, 0.1) is 10.1 Å². The molecule has 0 spiro atoms. The molecule has 2 N–H and O–H groups in total. The number of ether oxygens (including phenoxy) is 1. The lowest BCUT2D eigenvalue weighted by Crippen LogP contribution is -2.33. The zero-order valence-corrected chi connectivity index (χ0v) is 9.66. The van der Waals surface area contributed by atoms with Crippen LogP contribution in [0.5, 0.6) is 5.75 Å². The highest BCUT2D eigenvalue weighted by atomic mass is 16.6. The molecule has 1 amide bonds. The highest BCUT2D eigenvalue weighted by molar-refractivity contribution is 5.82. The fourth-order valence-electron chi connectivity index (χ4n) is 1.34. The third-order valence-corrected chi connectivity index (χ3v) is 2.29. The molecule has 96 valence electrons. The third kappa shape index (κ3) is 3.03. The fraction of sp³-hybridized carbons (Fsp3) is 0.273. The highest BCUT2D eigenvalue weighted by Gasteiger charge is 2.18. The van der Waals surface area contributed by atoms with E-state index in [9.17, 15) is 19.7 Å². The van der Waals surface area contributed by atoms with Gasteiger partial charge in [-0.1, -0.05) is 6.92 Å². The van der Waals surface area contributed by atoms with Gasteiger partial charge in [-0.2, -0.15) is 0 Å². The van der Waals surface area contributed by atoms with Crippen molar-refractivity contribution in [3.05, 3.63) is 33.9 Å². The number of nitro groups is 1. The normalized spacial score (nSPS) is 11.6. The lowest BCUT2D eigenvalue weighted by atomic mass is 10.2. The van der Waals surface area contributed by atoms with Crippen molar-refractivity contribution >= 4 is 17.9 Å². The van der Waals surface area contributed by atoms with E-state index < -0.39 is 16.9 Å². The molecule has 0 saturated heterocycles. The minimum Gasteiger partial charge on any atom is -0.480 e. The number of carbonyl (C=O) groups is 2. The maximum absolute atomic E-state index is 11.0. The van der Waals surface area contributed by atoms with E-state index in [-0.39, 0.29) is 17.0 Å². The van der Waals surface area contributed by atoms with Gasteiger partial charge in [0.1, 0.15) is 5.75 Å². The lowest BCUT2D eigenvalue weighted by Gasteiger charge is -2.15. The minimum atomic E-state index is -0.870. The van der Waals surface area contributed by atoms with E-state index in [4.69, 9.17) is 10.5 Å². The fourth-order valence-corrected chi connectivity index (χ4v) is 1.34. The maximum atomic E-state index is 11.0. The Bertz CT molecular complexity index is 486. The minimum absolute atomic E-state index is 0.00361. The van der Waals surface area contributed by atoms with Gasteiger partial charge in [-0.05, 0) is 12.5 Å². The molecule has 1 rings (SSSR count). The first-order valence-electron chi connectivity index (χ1n) is 5.19. The van der Waals surface area contributed by atoms with E-state index in [2.05, 4.69) is 0 Å². The molecule has 0 bridgehead atoms. The first-order chi connectivity index (χ1) is 8.49. The maximum Gasteiger partial charge on any atom is 0.270 e. The summed E-state index contributed by atoms with van der Waals surface area (Å²) in [5, 5.41) is 10.5. The Morgan fingerprint density at radius 2 is 2.28 bits per heavy atom. The zero-order valence-electron chi connectivity index (χ0n) is 9.66. The molecule has 7 heteroatoms. The van der Waals surface area contributed by atoms with Gasteiger partial charge in [0.05, 0.1) is 10.5 Å². The standard InChI is InChI=1S/C11H12N2O5/c1-2-9(11(12)15)18-10-4-3-8(13(16)17)5-7(10)6-14/h3-6,9H,2H2,1H3,(H2,12,15). The third-order valence-electron chi connectivity index (χ3n) is 2.29. The number of aldehydes is 1. The Morgan fingerprint density at radius 3 is 2.72 bits per heavy atom. The number of nitrogens with zero attached hydrogens (tertiary/aromatic N) is 1. The Morgan fingerprint density at radius 1 is 1.61 bits per heavy atom. The van der Waals surface area contributed by atoms with Crippen LogP contribution in [0.1, 0.15) is 23.7 Å². The first-order valence-corrected chi connectivity index (χ1v) is 5.19. The average molecular weight is 252 g/mol. The first kappa shape index (κ1) is 13.6. The van der Waals surface area contributed by atoms with Gasteiger partial charge in [0.25, 0.3) is 11.6 Å². The molecule has 1 aromatic carbocycles. The Hall–Kier alpha value is -2.44. The summed E-state index contributed by atoms with van der Waals surface area (Å²) >= 11 is 0. The number of amides is 1. The number of rotatable bonds is 6. The van der Waals surface area contributed by atoms with Gasteiger partial charge in [0.15, 0.2) is 12.4 Å². The quantitative estimate of drug-likeness (QED) is 0.462. The van der Waals surface area contributed by atoms with E-state index in [1.807, 2.05) is 0 Å². The molecule has 1 atom stereocenters. The summed E-state index contributed by atoms with van der Waals surface area (Å²) in [5.41, 5.74) is 4.88. The van der Waals surface area contributed by atoms with Gasteiger partial charge >= 0.3 is 0 Å². The topological polar surface area (TPSA) is 113 Å². The van der Waals surface area contributed by atoms with Crippen LogP contribution in [0.4, 0.5) is 5.69 Å². The van der Waals surface area contributed by atoms with Crippen LogP contribution in [0.3, 0.4) is 0 Å². The van der Waals surface area contributed by atoms with Crippen LogP contribution >= 0.6 is 0 Å². The van der Waals surface area contributed by atoms with Gasteiger partial charge < -0.3 is 10.5 Å². The number of benzene rings is 1. The number of nitro benzene ring substituents is 1. The molecule has 0 saturated carbocycles. The van der Waals surface area contributed by atoms with Crippen molar-refractivity contribution in [1.29, 1.82) is 0 Å². The Kier molecular flexibility index (Phi) is 4.36. The van der Waals surface area contributed by atoms with Crippen LogP contribution in [0.25, 0.3) is 0 Å². The van der Waals surface area contributed by atoms with Gasteiger partial charge in [-0.3, -0.25) is 19.7 Å². The van der Waals surface area contributed by atoms with E-state index in [1.54, 1.807) is 6.92 Å². The molecule has 0 fully saturated rings. The molecular weight excluding hydrogens is 240 g/mol. The zero-order chi connectivity index (χ0) is 13.7. The predicted molar refractivity (Wildman–Crippen MR) is 62.4 cm³/mol. The van der Waals surface area contributed by atoms with E-state index in [1.165, 1.54) is 12.1 Å². The molecule has 7 nitrogen and oxygen atoms in total. The molecule has 0 aliphatic rings. The molecule has 18 heavy (non-hydrogen) atoms. The number of hydrogen-bond acceptors (Lipinski definition) is 5. The Balaban J connectivity index is 3.06. The number of non-ortho nitro benzene ring substituents is 1. The molecular formula is C11H12N2O5. The van der Waals surface area contributed by atoms with Crippen molar-refractivity contribution in [3.8, 4) is 5.75 Å². The summed E-state index contributed by atoms with van der Waals surface area (Å²) in [6.45, 7) is 1.70. The number of nitrogens with two attached hydrogens (primary N) is 1. The van der Waals surface area contributed by atoms with Crippen molar-refractivity contribution in [2.75, 3.05) is 0 Å². The van der Waals surface area contributed by atoms with E-state index in [0.717, 1.165) is 6.07 Å². The number of primary amides is 1. The summed E-state index contributed by atoms with van der Waals surface area (Å²) in [6, 6.07) is 3.54. The molecule has 0 aliphatic heterocycles. The molecule has 0 heterocycles. The van der Waals surface area contributed by atoms with Gasteiger partial charge in [0, 0.05) is 12.1 Å². The smallest absolute Gasteiger partial charge is 0.270 e. The van der Waals surface area contributed by atoms with Gasteiger partial charge in [-0.15, -0.1) is 0 Å². The second-order valence-corrected chi connectivity index (χ2v) is 3.51. The average Bonchev–Trinajstić information content (AvgIpc) is 2.35. The van der Waals surface area contributed by atoms with Crippen molar-refractivity contribution in [3.63, 3.8) is 0 Å². The molecule has 1 aromatic rings. The summed E-state index contributed by atoms with van der Waals surface area (Å²) in [7, 11) is 0. The largest absolute Gasteiger partial charge is 0.480 e. The Labute approximate surface area is 103 Å². The van der Waals surface area contributed by atoms with Crippen LogP contribution < -0.4 is 10.5 Å². The monoisotopic (exact) mass is 252 g/mol. The molecule has 0 radical (unpaired) electrons. The van der Waals surface area contributed by atoms with Crippen LogP contribution in [-0.2, 0) is 4.79 Å². The van der Waals surface area contributed by atoms with Crippen LogP contribution in [-0.4, -0.2) is 23.2 Å². The van der Waals surface area contributed by atoms with Gasteiger partial charge in [0.2, 0.25) is 0 Å². The summed E-state index contributed by atoms with van der Waals surface area (Å²) in [4.78, 5) is 31.8. The SMILES string of the molecule is CCC(Oc1ccc([N+](=O)[O-])cc1C=O)C(N)=O. The summed E-state index contributed by atoms with van der Waals surface area (Å²) in [5.74, 6) is -0.561. The summed E-state index contributed by atoms with van der Waals surface area (Å²) < 4.78 is 5.25. The van der Waals surface area contributed by atoms with Gasteiger partial charge in [-0.25, -0.2) is 0 Å². The van der Waals surface area contributed by atoms with Crippen LogP contribution in [0.2, 0.25) is 0 Å². The van der Waals surface area contributed by atoms with E-state index in [0.29, 0.717) is 12.7 Å². The van der Waals surface area contributed by atoms with Crippen LogP contribution in [0.15, 0.2) is 18.2 Å². The highest BCUT2D eigenvalue weighted by Crippen LogP contribution is 2.24. The molecule has 0 aromatic heterocycles. The van der Waals surface area contributed by atoms with Crippen molar-refractivity contribution in [2.45, 2.75) is 19.4 Å². The second-order valence-electron chi connectivity index (χ2n) is 3.51. The predicted octanol–water partition coefficient (Wildman–Crippen LogP) is 1.05. The molecule has 1 unspecified atom stereocenters. The lowest BCUT2D eigenvalue weighted by molar-refractivity contribution is -0.384. The number of hydrogen-bond donors (Lipinski definition) is 1. The second kappa shape index (κ2) is 5.76. The summed E-state index contributed by atoms with van der Waals surface area (Å²) in [6.07, 6.45) is -0.106. The number of carbonyl (C=O) groups excluding carboxylic acids is 2. The van der Waals surface area contributed by atoms with Crippen molar-refractivity contribution in [2.24, 2.45) is 5.73 Å². The molecule has 0 aliphatic carbocycles. The van der Waals surface area contributed by atoms with E-state index >= 15 is 0 Å². The van der Waals surface area contributed by atoms with Crippen molar-refractivity contribution < 1.29 is 19.2 Å². The van der Waals surface area contributed by atoms with Crippen molar-refractivity contribution in [1.82, 2.24) is 0 Å².